The number of carbonyl (C=O) groups is 1. The van der Waals surface area contributed by atoms with E-state index in [4.69, 9.17) is 0 Å². The number of hydrogen-bond donors (Lipinski definition) is 1. The fraction of sp³-hybridized carbons (Fsp3) is 0.0435. The van der Waals surface area contributed by atoms with Crippen LogP contribution in [-0.2, 0) is 0 Å². The van der Waals surface area contributed by atoms with Crippen LogP contribution in [0.4, 0.5) is 10.1 Å². The molecule has 0 spiro atoms. The summed E-state index contributed by atoms with van der Waals surface area (Å²) in [6, 6.07) is 13.6. The maximum absolute atomic E-state index is 14.2. The fourth-order valence-corrected chi connectivity index (χ4v) is 3.61. The van der Waals surface area contributed by atoms with Crippen molar-refractivity contribution in [2.75, 3.05) is 5.32 Å². The summed E-state index contributed by atoms with van der Waals surface area (Å²) in [7, 11) is 0. The van der Waals surface area contributed by atoms with Crippen molar-refractivity contribution in [1.29, 1.82) is 5.26 Å². The van der Waals surface area contributed by atoms with Gasteiger partial charge in [0.2, 0.25) is 0 Å². The van der Waals surface area contributed by atoms with Gasteiger partial charge in [0, 0.05) is 10.8 Å². The van der Waals surface area contributed by atoms with Gasteiger partial charge in [0.1, 0.15) is 17.4 Å². The monoisotopic (exact) mass is 438 g/mol. The summed E-state index contributed by atoms with van der Waals surface area (Å²) >= 11 is 0. The first kappa shape index (κ1) is 20.0. The Morgan fingerprint density at radius 2 is 1.82 bits per heavy atom. The maximum atomic E-state index is 14.2. The molecule has 0 atom stereocenters. The number of rotatable bonds is 4. The van der Waals surface area contributed by atoms with Crippen LogP contribution >= 0.6 is 0 Å². The molecule has 2 aromatic carbocycles. The number of nitrogens with zero attached hydrogens (tertiary/aromatic N) is 7. The van der Waals surface area contributed by atoms with Crippen LogP contribution in [0.15, 0.2) is 67.3 Å². The molecule has 0 saturated heterocycles. The van der Waals surface area contributed by atoms with E-state index in [1.165, 1.54) is 41.7 Å². The fourth-order valence-electron chi connectivity index (χ4n) is 3.61. The lowest BCUT2D eigenvalue weighted by molar-refractivity contribution is 0.102. The highest BCUT2D eigenvalue weighted by Crippen LogP contribution is 2.26. The van der Waals surface area contributed by atoms with Crippen LogP contribution in [-0.4, -0.2) is 35.7 Å². The molecule has 0 unspecified atom stereocenters. The van der Waals surface area contributed by atoms with Crippen LogP contribution in [0.2, 0.25) is 0 Å². The van der Waals surface area contributed by atoms with E-state index in [1.807, 2.05) is 12.1 Å². The highest BCUT2D eigenvalue weighted by atomic mass is 19.1. The Morgan fingerprint density at radius 3 is 2.61 bits per heavy atom. The zero-order valence-corrected chi connectivity index (χ0v) is 17.3. The van der Waals surface area contributed by atoms with E-state index >= 15 is 0 Å². The molecule has 10 heteroatoms. The molecule has 1 amide bonds. The van der Waals surface area contributed by atoms with Gasteiger partial charge < -0.3 is 5.32 Å². The Morgan fingerprint density at radius 1 is 1.06 bits per heavy atom. The first-order valence-corrected chi connectivity index (χ1v) is 9.87. The molecule has 9 nitrogen and oxygen atoms in total. The van der Waals surface area contributed by atoms with Gasteiger partial charge in [-0.3, -0.25) is 4.79 Å². The number of anilines is 1. The standard InChI is InChI=1S/C23H15FN8O/c1-14-19(13-29-31(14)21-7-3-4-17-18(21)5-2-6-20(17)24)23(33)30-16-10-15(11-25)22(26-12-16)32-27-8-9-28-32/h2-10,12-13H,1H3,(H,30,33). The zero-order valence-electron chi connectivity index (χ0n) is 17.3. The molecule has 0 aliphatic rings. The second kappa shape index (κ2) is 7.97. The van der Waals surface area contributed by atoms with Crippen molar-refractivity contribution in [2.24, 2.45) is 0 Å². The summed E-state index contributed by atoms with van der Waals surface area (Å²) in [5.74, 6) is -0.486. The van der Waals surface area contributed by atoms with E-state index in [0.29, 0.717) is 33.4 Å². The van der Waals surface area contributed by atoms with E-state index in [9.17, 15) is 14.4 Å². The van der Waals surface area contributed by atoms with Gasteiger partial charge in [-0.1, -0.05) is 24.3 Å². The molecule has 0 fully saturated rings. The number of fused-ring (bicyclic) bond motifs is 1. The molecular formula is C23H15FN8O. The van der Waals surface area contributed by atoms with Crippen molar-refractivity contribution in [3.05, 3.63) is 89.9 Å². The minimum absolute atomic E-state index is 0.203. The van der Waals surface area contributed by atoms with Crippen LogP contribution < -0.4 is 5.32 Å². The van der Waals surface area contributed by atoms with Crippen molar-refractivity contribution in [3.63, 3.8) is 0 Å². The number of aromatic nitrogens is 6. The molecule has 0 aliphatic carbocycles. The van der Waals surface area contributed by atoms with Gasteiger partial charge in [0.15, 0.2) is 5.82 Å². The normalized spacial score (nSPS) is 10.8. The summed E-state index contributed by atoms with van der Waals surface area (Å²) < 4.78 is 15.8. The molecular weight excluding hydrogens is 423 g/mol. The molecule has 5 rings (SSSR count). The summed E-state index contributed by atoms with van der Waals surface area (Å²) in [5.41, 5.74) is 2.11. The number of halogens is 1. The number of hydrogen-bond acceptors (Lipinski definition) is 6. The minimum atomic E-state index is -0.416. The SMILES string of the molecule is Cc1c(C(=O)Nc2cnc(-n3nccn3)c(C#N)c2)cnn1-c1cccc2c(F)cccc12. The first-order chi connectivity index (χ1) is 16.1. The van der Waals surface area contributed by atoms with Crippen molar-refractivity contribution in [3.8, 4) is 17.6 Å². The lowest BCUT2D eigenvalue weighted by Crippen LogP contribution is -2.14. The Labute approximate surface area is 186 Å². The van der Waals surface area contributed by atoms with Crippen molar-refractivity contribution in [1.82, 2.24) is 29.8 Å². The highest BCUT2D eigenvalue weighted by Gasteiger charge is 2.18. The largest absolute Gasteiger partial charge is 0.320 e. The summed E-state index contributed by atoms with van der Waals surface area (Å²) in [6.07, 6.45) is 5.82. The molecule has 0 radical (unpaired) electrons. The molecule has 3 aromatic heterocycles. The van der Waals surface area contributed by atoms with Gasteiger partial charge >= 0.3 is 0 Å². The third-order valence-electron chi connectivity index (χ3n) is 5.18. The Bertz CT molecular complexity index is 1550. The molecule has 3 heterocycles. The molecule has 0 aliphatic heterocycles. The third kappa shape index (κ3) is 3.47. The van der Waals surface area contributed by atoms with Crippen molar-refractivity contribution in [2.45, 2.75) is 6.92 Å². The highest BCUT2D eigenvalue weighted by molar-refractivity contribution is 6.05. The van der Waals surface area contributed by atoms with Crippen LogP contribution in [0.5, 0.6) is 0 Å². The van der Waals surface area contributed by atoms with E-state index in [0.717, 1.165) is 0 Å². The summed E-state index contributed by atoms with van der Waals surface area (Å²) in [4.78, 5) is 18.4. The van der Waals surface area contributed by atoms with Gasteiger partial charge in [0.25, 0.3) is 5.91 Å². The number of amides is 1. The summed E-state index contributed by atoms with van der Waals surface area (Å²) in [5, 5.41) is 25.7. The molecule has 0 bridgehead atoms. The van der Waals surface area contributed by atoms with Crippen LogP contribution in [0, 0.1) is 24.1 Å². The maximum Gasteiger partial charge on any atom is 0.259 e. The number of nitriles is 1. The molecule has 0 saturated carbocycles. The van der Waals surface area contributed by atoms with Gasteiger partial charge in [0.05, 0.1) is 47.4 Å². The Balaban J connectivity index is 1.46. The third-order valence-corrected chi connectivity index (χ3v) is 5.18. The molecule has 33 heavy (non-hydrogen) atoms. The van der Waals surface area contributed by atoms with Crippen LogP contribution in [0.3, 0.4) is 0 Å². The summed E-state index contributed by atoms with van der Waals surface area (Å²) in [6.45, 7) is 1.76. The average Bonchev–Trinajstić information content (AvgIpc) is 3.49. The molecule has 1 N–H and O–H groups in total. The minimum Gasteiger partial charge on any atom is -0.320 e. The topological polar surface area (TPSA) is 114 Å². The van der Waals surface area contributed by atoms with E-state index in [-0.39, 0.29) is 17.2 Å². The number of nitrogens with one attached hydrogen (secondary N) is 1. The van der Waals surface area contributed by atoms with Crippen molar-refractivity contribution < 1.29 is 9.18 Å². The molecule has 160 valence electrons. The van der Waals surface area contributed by atoms with Gasteiger partial charge in [-0.2, -0.15) is 20.6 Å². The second-order valence-corrected chi connectivity index (χ2v) is 7.15. The van der Waals surface area contributed by atoms with Gasteiger partial charge in [-0.05, 0) is 25.1 Å². The Kier molecular flexibility index (Phi) is 4.84. The first-order valence-electron chi connectivity index (χ1n) is 9.87. The van der Waals surface area contributed by atoms with Gasteiger partial charge in [-0.15, -0.1) is 4.80 Å². The predicted octanol–water partition coefficient (Wildman–Crippen LogP) is 3.57. The lowest BCUT2D eigenvalue weighted by atomic mass is 10.1. The van der Waals surface area contributed by atoms with Crippen LogP contribution in [0.1, 0.15) is 21.6 Å². The van der Waals surface area contributed by atoms with Crippen molar-refractivity contribution >= 4 is 22.4 Å². The average molecular weight is 438 g/mol. The predicted molar refractivity (Wildman–Crippen MR) is 118 cm³/mol. The Hall–Kier alpha value is -4.91. The van der Waals surface area contributed by atoms with E-state index in [1.54, 1.807) is 35.9 Å². The second-order valence-electron chi connectivity index (χ2n) is 7.15. The number of carbonyl (C=O) groups excluding carboxylic acids is 1. The van der Waals surface area contributed by atoms with E-state index < -0.39 is 5.91 Å². The number of pyridine rings is 1. The van der Waals surface area contributed by atoms with Crippen LogP contribution in [0.25, 0.3) is 22.3 Å². The zero-order chi connectivity index (χ0) is 22.9. The lowest BCUT2D eigenvalue weighted by Gasteiger charge is -2.10. The van der Waals surface area contributed by atoms with Gasteiger partial charge in [-0.25, -0.2) is 14.1 Å². The number of benzene rings is 2. The smallest absolute Gasteiger partial charge is 0.259 e. The van der Waals surface area contributed by atoms with E-state index in [2.05, 4.69) is 25.6 Å². The quantitative estimate of drug-likeness (QED) is 0.459. The molecule has 5 aromatic rings.